The van der Waals surface area contributed by atoms with Gasteiger partial charge in [0.2, 0.25) is 0 Å². The highest BCUT2D eigenvalue weighted by Gasteiger charge is 2.35. The standard InChI is InChI=1S/C21H35N3O2/c1-21(2,3)19-17(12-9-13-26-19)14-23-20(22-4)24-15-18(25-5)16-10-7-6-8-11-16/h6-8,10-11,17-19H,9,12-15H2,1-5H3,(H2,22,23,24). The number of rotatable bonds is 6. The molecule has 1 aromatic carbocycles. The Morgan fingerprint density at radius 2 is 2.00 bits per heavy atom. The van der Waals surface area contributed by atoms with E-state index in [2.05, 4.69) is 48.5 Å². The molecule has 2 N–H and O–H groups in total. The van der Waals surface area contributed by atoms with Crippen molar-refractivity contribution in [3.8, 4) is 0 Å². The molecular weight excluding hydrogens is 326 g/mol. The number of aliphatic imine (C=N–C) groups is 1. The predicted molar refractivity (Wildman–Crippen MR) is 107 cm³/mol. The summed E-state index contributed by atoms with van der Waals surface area (Å²) in [5.74, 6) is 1.30. The monoisotopic (exact) mass is 361 g/mol. The van der Waals surface area contributed by atoms with Gasteiger partial charge in [0.25, 0.3) is 0 Å². The topological polar surface area (TPSA) is 54.9 Å². The lowest BCUT2D eigenvalue weighted by atomic mass is 9.78. The van der Waals surface area contributed by atoms with Gasteiger partial charge in [0.1, 0.15) is 0 Å². The summed E-state index contributed by atoms with van der Waals surface area (Å²) in [5.41, 5.74) is 1.31. The van der Waals surface area contributed by atoms with Crippen LogP contribution in [0.4, 0.5) is 0 Å². The minimum Gasteiger partial charge on any atom is -0.377 e. The second-order valence-corrected chi connectivity index (χ2v) is 8.03. The largest absolute Gasteiger partial charge is 0.377 e. The zero-order chi connectivity index (χ0) is 19.0. The van der Waals surface area contributed by atoms with E-state index in [1.165, 1.54) is 6.42 Å². The smallest absolute Gasteiger partial charge is 0.191 e. The Kier molecular flexibility index (Phi) is 7.91. The van der Waals surface area contributed by atoms with Gasteiger partial charge in [-0.15, -0.1) is 0 Å². The van der Waals surface area contributed by atoms with Gasteiger partial charge in [-0.05, 0) is 23.8 Å². The predicted octanol–water partition coefficient (Wildman–Crippen LogP) is 3.38. The van der Waals surface area contributed by atoms with E-state index in [1.807, 2.05) is 18.2 Å². The summed E-state index contributed by atoms with van der Waals surface area (Å²) >= 11 is 0. The van der Waals surface area contributed by atoms with Crippen molar-refractivity contribution in [2.24, 2.45) is 16.3 Å². The molecule has 0 aromatic heterocycles. The van der Waals surface area contributed by atoms with Crippen LogP contribution in [0.5, 0.6) is 0 Å². The van der Waals surface area contributed by atoms with Gasteiger partial charge < -0.3 is 20.1 Å². The van der Waals surface area contributed by atoms with Crippen LogP contribution < -0.4 is 10.6 Å². The molecule has 2 rings (SSSR count). The molecule has 146 valence electrons. The van der Waals surface area contributed by atoms with E-state index < -0.39 is 0 Å². The lowest BCUT2D eigenvalue weighted by molar-refractivity contribution is -0.0835. The third-order valence-corrected chi connectivity index (χ3v) is 4.96. The fraction of sp³-hybridized carbons (Fsp3) is 0.667. The van der Waals surface area contributed by atoms with E-state index in [4.69, 9.17) is 9.47 Å². The molecule has 0 radical (unpaired) electrons. The molecule has 26 heavy (non-hydrogen) atoms. The second-order valence-electron chi connectivity index (χ2n) is 8.03. The Balaban J connectivity index is 1.87. The minimum absolute atomic E-state index is 0.00455. The summed E-state index contributed by atoms with van der Waals surface area (Å²) in [7, 11) is 3.54. The van der Waals surface area contributed by atoms with Gasteiger partial charge in [-0.25, -0.2) is 0 Å². The van der Waals surface area contributed by atoms with Gasteiger partial charge in [0.05, 0.1) is 12.2 Å². The number of guanidine groups is 1. The molecule has 3 atom stereocenters. The Hall–Kier alpha value is -1.59. The van der Waals surface area contributed by atoms with Gasteiger partial charge >= 0.3 is 0 Å². The van der Waals surface area contributed by atoms with E-state index >= 15 is 0 Å². The van der Waals surface area contributed by atoms with E-state index in [0.29, 0.717) is 12.5 Å². The number of ether oxygens (including phenoxy) is 2. The molecule has 1 aliphatic heterocycles. The van der Waals surface area contributed by atoms with E-state index in [0.717, 1.165) is 31.1 Å². The zero-order valence-corrected chi connectivity index (χ0v) is 16.9. The minimum atomic E-state index is -0.00455. The molecule has 1 saturated heterocycles. The van der Waals surface area contributed by atoms with Crippen molar-refractivity contribution in [2.75, 3.05) is 33.9 Å². The summed E-state index contributed by atoms with van der Waals surface area (Å²) in [5, 5.41) is 6.86. The average Bonchev–Trinajstić information content (AvgIpc) is 2.65. The van der Waals surface area contributed by atoms with Crippen LogP contribution in [0.25, 0.3) is 0 Å². The third-order valence-electron chi connectivity index (χ3n) is 4.96. The fourth-order valence-corrected chi connectivity index (χ4v) is 3.65. The van der Waals surface area contributed by atoms with Crippen molar-refractivity contribution in [2.45, 2.75) is 45.8 Å². The number of benzene rings is 1. The maximum Gasteiger partial charge on any atom is 0.191 e. The van der Waals surface area contributed by atoms with Crippen LogP contribution in [-0.4, -0.2) is 45.9 Å². The van der Waals surface area contributed by atoms with Crippen LogP contribution in [0.3, 0.4) is 0 Å². The molecule has 0 spiro atoms. The summed E-state index contributed by atoms with van der Waals surface area (Å²) in [6.45, 7) is 9.18. The van der Waals surface area contributed by atoms with Crippen LogP contribution in [0.2, 0.25) is 0 Å². The van der Waals surface area contributed by atoms with E-state index in [-0.39, 0.29) is 17.6 Å². The average molecular weight is 362 g/mol. The maximum atomic E-state index is 6.07. The SMILES string of the molecule is CN=C(NCC(OC)c1ccccc1)NCC1CCCOC1C(C)(C)C. The molecule has 0 aliphatic carbocycles. The zero-order valence-electron chi connectivity index (χ0n) is 16.9. The lowest BCUT2D eigenvalue weighted by Crippen LogP contribution is -2.48. The van der Waals surface area contributed by atoms with Crippen LogP contribution in [0, 0.1) is 11.3 Å². The van der Waals surface area contributed by atoms with Crippen molar-refractivity contribution >= 4 is 5.96 Å². The highest BCUT2D eigenvalue weighted by atomic mass is 16.5. The van der Waals surface area contributed by atoms with Crippen molar-refractivity contribution in [3.63, 3.8) is 0 Å². The molecular formula is C21H35N3O2. The molecule has 1 fully saturated rings. The number of methoxy groups -OCH3 is 1. The molecule has 3 unspecified atom stereocenters. The number of hydrogen-bond acceptors (Lipinski definition) is 3. The highest BCUT2D eigenvalue weighted by Crippen LogP contribution is 2.33. The maximum absolute atomic E-state index is 6.07. The molecule has 5 heteroatoms. The van der Waals surface area contributed by atoms with Crippen molar-refractivity contribution in [3.05, 3.63) is 35.9 Å². The summed E-state index contributed by atoms with van der Waals surface area (Å²) in [6, 6.07) is 10.2. The number of hydrogen-bond donors (Lipinski definition) is 2. The van der Waals surface area contributed by atoms with Crippen LogP contribution >= 0.6 is 0 Å². The van der Waals surface area contributed by atoms with Crippen molar-refractivity contribution in [1.82, 2.24) is 10.6 Å². The van der Waals surface area contributed by atoms with Crippen LogP contribution in [-0.2, 0) is 9.47 Å². The Labute approximate surface area is 158 Å². The first-order valence-corrected chi connectivity index (χ1v) is 9.59. The first-order chi connectivity index (χ1) is 12.5. The summed E-state index contributed by atoms with van der Waals surface area (Å²) in [6.07, 6.45) is 2.59. The van der Waals surface area contributed by atoms with E-state index in [1.54, 1.807) is 14.2 Å². The van der Waals surface area contributed by atoms with Crippen molar-refractivity contribution < 1.29 is 9.47 Å². The Bertz CT molecular complexity index is 554. The molecule has 1 heterocycles. The lowest BCUT2D eigenvalue weighted by Gasteiger charge is -2.40. The van der Waals surface area contributed by atoms with Crippen molar-refractivity contribution in [1.29, 1.82) is 0 Å². The molecule has 1 aliphatic rings. The van der Waals surface area contributed by atoms with Gasteiger partial charge in [-0.2, -0.15) is 0 Å². The van der Waals surface area contributed by atoms with Gasteiger partial charge in [0, 0.05) is 39.8 Å². The summed E-state index contributed by atoms with van der Waals surface area (Å²) < 4.78 is 11.7. The van der Waals surface area contributed by atoms with Crippen LogP contribution in [0.15, 0.2) is 35.3 Å². The van der Waals surface area contributed by atoms with Gasteiger partial charge in [-0.3, -0.25) is 4.99 Å². The number of nitrogens with zero attached hydrogens (tertiary/aromatic N) is 1. The molecule has 5 nitrogen and oxygen atoms in total. The van der Waals surface area contributed by atoms with Gasteiger partial charge in [0.15, 0.2) is 5.96 Å². The molecule has 0 saturated carbocycles. The van der Waals surface area contributed by atoms with E-state index in [9.17, 15) is 0 Å². The normalized spacial score (nSPS) is 22.7. The van der Waals surface area contributed by atoms with Crippen LogP contribution in [0.1, 0.15) is 45.3 Å². The molecule has 0 amide bonds. The first-order valence-electron chi connectivity index (χ1n) is 9.59. The Morgan fingerprint density at radius 3 is 2.62 bits per heavy atom. The first kappa shape index (κ1) is 20.7. The summed E-state index contributed by atoms with van der Waals surface area (Å²) in [4.78, 5) is 4.36. The molecule has 1 aromatic rings. The molecule has 0 bridgehead atoms. The number of nitrogens with one attached hydrogen (secondary N) is 2. The second kappa shape index (κ2) is 9.93. The quantitative estimate of drug-likeness (QED) is 0.602. The Morgan fingerprint density at radius 1 is 1.27 bits per heavy atom. The highest BCUT2D eigenvalue weighted by molar-refractivity contribution is 5.79. The van der Waals surface area contributed by atoms with Gasteiger partial charge in [-0.1, -0.05) is 51.1 Å². The fourth-order valence-electron chi connectivity index (χ4n) is 3.65. The third kappa shape index (κ3) is 5.99.